The predicted molar refractivity (Wildman–Crippen MR) is 113 cm³/mol. The molecule has 1 fully saturated rings. The Kier molecular flexibility index (Phi) is 4.76. The van der Waals surface area contributed by atoms with Crippen LogP contribution in [0.5, 0.6) is 0 Å². The van der Waals surface area contributed by atoms with Gasteiger partial charge in [0, 0.05) is 48.7 Å². The Labute approximate surface area is 172 Å². The van der Waals surface area contributed by atoms with Gasteiger partial charge in [0.05, 0.1) is 11.1 Å². The number of nitrogens with one attached hydrogen (secondary N) is 2. The summed E-state index contributed by atoms with van der Waals surface area (Å²) in [7, 11) is 0. The summed E-state index contributed by atoms with van der Waals surface area (Å²) in [6.07, 6.45) is 11.7. The van der Waals surface area contributed by atoms with Gasteiger partial charge in [-0.3, -0.25) is 4.79 Å². The van der Waals surface area contributed by atoms with Crippen molar-refractivity contribution in [3.8, 4) is 11.1 Å². The first-order chi connectivity index (χ1) is 14.2. The molecule has 0 spiro atoms. The maximum atomic E-state index is 12.7. The molecule has 2 aliphatic rings. The molecule has 3 atom stereocenters. The minimum absolute atomic E-state index is 0.0465. The van der Waals surface area contributed by atoms with Crippen LogP contribution in [0, 0.1) is 0 Å². The van der Waals surface area contributed by atoms with Gasteiger partial charge in [-0.25, -0.2) is 9.50 Å². The van der Waals surface area contributed by atoms with E-state index >= 15 is 0 Å². The van der Waals surface area contributed by atoms with E-state index in [0.29, 0.717) is 4.88 Å². The van der Waals surface area contributed by atoms with E-state index in [4.69, 9.17) is 5.73 Å². The third kappa shape index (κ3) is 3.51. The van der Waals surface area contributed by atoms with Crippen molar-refractivity contribution >= 4 is 29.1 Å². The lowest BCUT2D eigenvalue weighted by Crippen LogP contribution is -2.49. The van der Waals surface area contributed by atoms with Crippen molar-refractivity contribution in [1.29, 1.82) is 0 Å². The summed E-state index contributed by atoms with van der Waals surface area (Å²) in [6.45, 7) is 0.773. The number of hydrazone groups is 1. The van der Waals surface area contributed by atoms with Gasteiger partial charge in [-0.15, -0.1) is 11.3 Å². The smallest absolute Gasteiger partial charge is 0.261 e. The number of hydrogen-bond acceptors (Lipinski definition) is 7. The Balaban J connectivity index is 1.36. The molecule has 0 bridgehead atoms. The Morgan fingerprint density at radius 1 is 1.31 bits per heavy atom. The van der Waals surface area contributed by atoms with Crippen molar-refractivity contribution in [2.45, 2.75) is 43.7 Å². The average Bonchev–Trinajstić information content (AvgIpc) is 3.49. The van der Waals surface area contributed by atoms with E-state index < -0.39 is 0 Å². The Bertz CT molecular complexity index is 1070. The number of carbonyl (C=O) groups excluding carboxylic acids is 1. The standard InChI is InChI=1S/C20H23N7OS/c21-16-3-1-2-4-17(16)26-20(28)18-5-12(11-29-18)15-9-25-27-10-14(6-22-19(15)27)13-7-23-24-8-13/h5-7,9-11,13,16-17,24H,1-4,8,21H2,(H,26,28)/t13?,16-,17+/m0/s1. The molecule has 1 aliphatic carbocycles. The highest BCUT2D eigenvalue weighted by molar-refractivity contribution is 7.12. The summed E-state index contributed by atoms with van der Waals surface area (Å²) >= 11 is 1.43. The highest BCUT2D eigenvalue weighted by atomic mass is 32.1. The number of hydrogen-bond donors (Lipinski definition) is 3. The molecule has 150 valence electrons. The van der Waals surface area contributed by atoms with Gasteiger partial charge in [-0.05, 0) is 35.4 Å². The Morgan fingerprint density at radius 3 is 3.03 bits per heavy atom. The Morgan fingerprint density at radius 2 is 2.21 bits per heavy atom. The molecule has 0 radical (unpaired) electrons. The lowest BCUT2D eigenvalue weighted by Gasteiger charge is -2.29. The fourth-order valence-electron chi connectivity index (χ4n) is 4.01. The van der Waals surface area contributed by atoms with Crippen molar-refractivity contribution in [3.63, 3.8) is 0 Å². The largest absolute Gasteiger partial charge is 0.347 e. The third-order valence-corrected chi connectivity index (χ3v) is 6.66. The highest BCUT2D eigenvalue weighted by Gasteiger charge is 2.24. The number of rotatable bonds is 4. The SMILES string of the molecule is N[C@H]1CCCC[C@H]1NC(=O)c1cc(-c2cnn3cc(C4C=NNC4)cnc23)cs1. The van der Waals surface area contributed by atoms with Crippen LogP contribution in [0.1, 0.15) is 46.8 Å². The molecule has 0 saturated heterocycles. The van der Waals surface area contributed by atoms with Crippen molar-refractivity contribution in [2.24, 2.45) is 10.8 Å². The number of carbonyl (C=O) groups is 1. The highest BCUT2D eigenvalue weighted by Crippen LogP contribution is 2.29. The van der Waals surface area contributed by atoms with Crippen LogP contribution in [0.4, 0.5) is 0 Å². The molecule has 3 aromatic heterocycles. The molecular weight excluding hydrogens is 386 g/mol. The topological polar surface area (TPSA) is 110 Å². The Hall–Kier alpha value is -2.78. The summed E-state index contributed by atoms with van der Waals surface area (Å²) in [5, 5.41) is 13.6. The molecule has 0 aromatic carbocycles. The zero-order valence-electron chi connectivity index (χ0n) is 15.9. The predicted octanol–water partition coefficient (Wildman–Crippen LogP) is 2.13. The molecule has 9 heteroatoms. The number of nitrogens with zero attached hydrogens (tertiary/aromatic N) is 4. The van der Waals surface area contributed by atoms with Gasteiger partial charge in [0.2, 0.25) is 0 Å². The van der Waals surface area contributed by atoms with Gasteiger partial charge in [-0.1, -0.05) is 12.8 Å². The van der Waals surface area contributed by atoms with Gasteiger partial charge < -0.3 is 16.5 Å². The summed E-state index contributed by atoms with van der Waals surface area (Å²) in [5.74, 6) is 0.158. The molecular formula is C20H23N7OS. The van der Waals surface area contributed by atoms with E-state index in [-0.39, 0.29) is 23.9 Å². The molecule has 8 nitrogen and oxygen atoms in total. The van der Waals surface area contributed by atoms with Crippen LogP contribution in [-0.2, 0) is 0 Å². The minimum atomic E-state index is -0.0525. The first kappa shape index (κ1) is 18.3. The maximum absolute atomic E-state index is 12.7. The van der Waals surface area contributed by atoms with Crippen LogP contribution in [0.25, 0.3) is 16.8 Å². The van der Waals surface area contributed by atoms with Gasteiger partial charge in [0.25, 0.3) is 5.91 Å². The zero-order chi connectivity index (χ0) is 19.8. The van der Waals surface area contributed by atoms with Crippen molar-refractivity contribution in [1.82, 2.24) is 25.3 Å². The zero-order valence-corrected chi connectivity index (χ0v) is 16.7. The summed E-state index contributed by atoms with van der Waals surface area (Å²) < 4.78 is 1.79. The number of nitrogens with two attached hydrogens (primary N) is 1. The van der Waals surface area contributed by atoms with Crippen molar-refractivity contribution in [3.05, 3.63) is 40.5 Å². The quantitative estimate of drug-likeness (QED) is 0.611. The summed E-state index contributed by atoms with van der Waals surface area (Å²) in [5.41, 5.74) is 12.8. The van der Waals surface area contributed by atoms with Crippen molar-refractivity contribution < 1.29 is 4.79 Å². The van der Waals surface area contributed by atoms with Crippen LogP contribution >= 0.6 is 11.3 Å². The molecule has 1 saturated carbocycles. The fourth-order valence-corrected chi connectivity index (χ4v) is 4.82. The lowest BCUT2D eigenvalue weighted by atomic mass is 9.91. The summed E-state index contributed by atoms with van der Waals surface area (Å²) in [6, 6.07) is 2.02. The number of fused-ring (bicyclic) bond motifs is 1. The van der Waals surface area contributed by atoms with E-state index in [1.165, 1.54) is 11.3 Å². The normalized spacial score (nSPS) is 24.0. The second-order valence-corrected chi connectivity index (χ2v) is 8.60. The summed E-state index contributed by atoms with van der Waals surface area (Å²) in [4.78, 5) is 18.0. The maximum Gasteiger partial charge on any atom is 0.261 e. The van der Waals surface area contributed by atoms with E-state index in [1.54, 1.807) is 10.7 Å². The van der Waals surface area contributed by atoms with Gasteiger partial charge >= 0.3 is 0 Å². The number of thiophene rings is 1. The fraction of sp³-hybridized carbons (Fsp3) is 0.400. The van der Waals surface area contributed by atoms with Gasteiger partial charge in [0.15, 0.2) is 5.65 Å². The van der Waals surface area contributed by atoms with Gasteiger partial charge in [0.1, 0.15) is 0 Å². The second kappa shape index (κ2) is 7.57. The van der Waals surface area contributed by atoms with Crippen LogP contribution in [0.2, 0.25) is 0 Å². The van der Waals surface area contributed by atoms with Crippen LogP contribution < -0.4 is 16.5 Å². The molecule has 1 amide bonds. The van der Waals surface area contributed by atoms with E-state index in [0.717, 1.165) is 54.6 Å². The molecule has 29 heavy (non-hydrogen) atoms. The second-order valence-electron chi connectivity index (χ2n) is 7.69. The number of amides is 1. The van der Waals surface area contributed by atoms with E-state index in [1.807, 2.05) is 30.1 Å². The van der Waals surface area contributed by atoms with E-state index in [9.17, 15) is 4.79 Å². The van der Waals surface area contributed by atoms with E-state index in [2.05, 4.69) is 25.9 Å². The molecule has 5 rings (SSSR count). The van der Waals surface area contributed by atoms with Crippen molar-refractivity contribution in [2.75, 3.05) is 6.54 Å². The minimum Gasteiger partial charge on any atom is -0.347 e. The number of aromatic nitrogens is 3. The van der Waals surface area contributed by atoms with Crippen LogP contribution in [0.3, 0.4) is 0 Å². The first-order valence-corrected chi connectivity index (χ1v) is 10.8. The van der Waals surface area contributed by atoms with Crippen LogP contribution in [-0.4, -0.2) is 45.3 Å². The first-order valence-electron chi connectivity index (χ1n) is 9.94. The van der Waals surface area contributed by atoms with Gasteiger partial charge in [-0.2, -0.15) is 10.2 Å². The molecule has 4 heterocycles. The molecule has 1 aliphatic heterocycles. The van der Waals surface area contributed by atoms with Crippen LogP contribution in [0.15, 0.2) is 35.1 Å². The monoisotopic (exact) mass is 409 g/mol. The molecule has 1 unspecified atom stereocenters. The average molecular weight is 410 g/mol. The lowest BCUT2D eigenvalue weighted by molar-refractivity contribution is 0.0925. The third-order valence-electron chi connectivity index (χ3n) is 5.73. The molecule has 3 aromatic rings. The molecule has 4 N–H and O–H groups in total.